The van der Waals surface area contributed by atoms with Crippen LogP contribution in [0, 0.1) is 0 Å². The summed E-state index contributed by atoms with van der Waals surface area (Å²) >= 11 is 6.47. The quantitative estimate of drug-likeness (QED) is 0.756. The van der Waals surface area contributed by atoms with Gasteiger partial charge in [0.05, 0.1) is 14.5 Å². The first-order valence-corrected chi connectivity index (χ1v) is 7.76. The van der Waals surface area contributed by atoms with Crippen LogP contribution in [0.15, 0.2) is 51.4 Å². The summed E-state index contributed by atoms with van der Waals surface area (Å²) in [5.74, 6) is -0.990. The van der Waals surface area contributed by atoms with Crippen molar-refractivity contribution >= 4 is 49.4 Å². The van der Waals surface area contributed by atoms with Crippen LogP contribution in [0.1, 0.15) is 10.4 Å². The Kier molecular flexibility index (Phi) is 5.57. The lowest BCUT2D eigenvalue weighted by Gasteiger charge is -2.11. The minimum absolute atomic E-state index is 0.111. The summed E-state index contributed by atoms with van der Waals surface area (Å²) in [7, 11) is 0. The molecule has 7 heteroatoms. The molecule has 0 spiro atoms. The summed E-state index contributed by atoms with van der Waals surface area (Å²) in [5.41, 5.74) is 0.787. The molecule has 0 saturated heterocycles. The lowest BCUT2D eigenvalue weighted by molar-refractivity contribution is -0.118. The molecule has 0 aliphatic carbocycles. The Bertz CT molecular complexity index is 681. The number of hydrogen-bond acceptors (Lipinski definition) is 3. The minimum atomic E-state index is -1.05. The van der Waals surface area contributed by atoms with Crippen LogP contribution >= 0.6 is 31.9 Å². The highest BCUT2D eigenvalue weighted by Crippen LogP contribution is 2.34. The van der Waals surface area contributed by atoms with Crippen molar-refractivity contribution in [3.63, 3.8) is 0 Å². The molecule has 0 aromatic heterocycles. The molecule has 0 aliphatic rings. The first-order valence-electron chi connectivity index (χ1n) is 6.17. The van der Waals surface area contributed by atoms with Crippen LogP contribution in [0.5, 0.6) is 5.75 Å². The third-order valence-corrected chi connectivity index (χ3v) is 3.83. The van der Waals surface area contributed by atoms with Gasteiger partial charge in [-0.2, -0.15) is 0 Å². The Labute approximate surface area is 143 Å². The molecule has 0 unspecified atom stereocenters. The van der Waals surface area contributed by atoms with Gasteiger partial charge in [-0.3, -0.25) is 4.79 Å². The van der Waals surface area contributed by atoms with E-state index in [-0.39, 0.29) is 18.1 Å². The number of carbonyl (C=O) groups is 2. The summed E-state index contributed by atoms with van der Waals surface area (Å²) in [5, 5.41) is 11.7. The first-order chi connectivity index (χ1) is 10.5. The summed E-state index contributed by atoms with van der Waals surface area (Å²) in [4.78, 5) is 22.8. The van der Waals surface area contributed by atoms with E-state index in [2.05, 4.69) is 37.2 Å². The predicted molar refractivity (Wildman–Crippen MR) is 89.4 cm³/mol. The van der Waals surface area contributed by atoms with Crippen molar-refractivity contribution in [2.75, 3.05) is 11.9 Å². The number of nitrogens with one attached hydrogen (secondary N) is 1. The molecule has 0 atom stereocenters. The maximum absolute atomic E-state index is 11.8. The van der Waals surface area contributed by atoms with Gasteiger partial charge in [0, 0.05) is 5.69 Å². The second-order valence-electron chi connectivity index (χ2n) is 4.28. The number of anilines is 1. The molecule has 0 bridgehead atoms. The fraction of sp³-hybridized carbons (Fsp3) is 0.0667. The summed E-state index contributed by atoms with van der Waals surface area (Å²) < 4.78 is 6.34. The highest BCUT2D eigenvalue weighted by atomic mass is 79.9. The monoisotopic (exact) mass is 427 g/mol. The number of aromatic carboxylic acids is 1. The van der Waals surface area contributed by atoms with Crippen LogP contribution in [-0.4, -0.2) is 23.6 Å². The van der Waals surface area contributed by atoms with Crippen LogP contribution in [0.25, 0.3) is 0 Å². The molecule has 2 aromatic carbocycles. The third kappa shape index (κ3) is 4.32. The average molecular weight is 429 g/mol. The standard InChI is InChI=1S/C15H11Br2NO4/c16-11-6-9(15(20)21)7-12(17)14(11)22-8-13(19)18-10-4-2-1-3-5-10/h1-7H,8H2,(H,18,19)(H,20,21). The van der Waals surface area contributed by atoms with E-state index in [1.54, 1.807) is 12.1 Å². The maximum Gasteiger partial charge on any atom is 0.335 e. The van der Waals surface area contributed by atoms with E-state index in [1.165, 1.54) is 12.1 Å². The van der Waals surface area contributed by atoms with Crippen LogP contribution < -0.4 is 10.1 Å². The second-order valence-corrected chi connectivity index (χ2v) is 5.99. The molecule has 0 saturated carbocycles. The second kappa shape index (κ2) is 7.42. The Morgan fingerprint density at radius 1 is 1.09 bits per heavy atom. The Morgan fingerprint density at radius 3 is 2.23 bits per heavy atom. The van der Waals surface area contributed by atoms with Gasteiger partial charge < -0.3 is 15.2 Å². The van der Waals surface area contributed by atoms with E-state index in [4.69, 9.17) is 9.84 Å². The van der Waals surface area contributed by atoms with Crippen molar-refractivity contribution in [3.8, 4) is 5.75 Å². The molecule has 114 valence electrons. The normalized spacial score (nSPS) is 10.1. The Morgan fingerprint density at radius 2 is 1.68 bits per heavy atom. The molecule has 0 fully saturated rings. The number of amides is 1. The van der Waals surface area contributed by atoms with E-state index in [0.717, 1.165) is 0 Å². The largest absolute Gasteiger partial charge is 0.481 e. The number of para-hydroxylation sites is 1. The van der Waals surface area contributed by atoms with Crippen molar-refractivity contribution < 1.29 is 19.4 Å². The van der Waals surface area contributed by atoms with Gasteiger partial charge in [0.2, 0.25) is 0 Å². The summed E-state index contributed by atoms with van der Waals surface area (Å²) in [6.07, 6.45) is 0. The van der Waals surface area contributed by atoms with Crippen molar-refractivity contribution in [1.82, 2.24) is 0 Å². The van der Waals surface area contributed by atoms with Gasteiger partial charge in [-0.15, -0.1) is 0 Å². The fourth-order valence-electron chi connectivity index (χ4n) is 1.68. The van der Waals surface area contributed by atoms with Gasteiger partial charge in [0.1, 0.15) is 5.75 Å². The number of carboxylic acid groups (broad SMARTS) is 1. The van der Waals surface area contributed by atoms with Crippen LogP contribution in [0.2, 0.25) is 0 Å². The molecule has 0 radical (unpaired) electrons. The molecule has 2 aromatic rings. The van der Waals surface area contributed by atoms with Gasteiger partial charge >= 0.3 is 5.97 Å². The Balaban J connectivity index is 2.02. The van der Waals surface area contributed by atoms with Crippen molar-refractivity contribution in [1.29, 1.82) is 0 Å². The summed E-state index contributed by atoms with van der Waals surface area (Å²) in [6, 6.07) is 11.8. The number of hydrogen-bond donors (Lipinski definition) is 2. The zero-order chi connectivity index (χ0) is 16.1. The lowest BCUT2D eigenvalue weighted by atomic mass is 10.2. The number of halogens is 2. The van der Waals surface area contributed by atoms with Crippen molar-refractivity contribution in [2.24, 2.45) is 0 Å². The van der Waals surface area contributed by atoms with Gasteiger partial charge in [-0.25, -0.2) is 4.79 Å². The molecule has 0 heterocycles. The molecule has 22 heavy (non-hydrogen) atoms. The van der Waals surface area contributed by atoms with Gasteiger partial charge in [0.25, 0.3) is 5.91 Å². The van der Waals surface area contributed by atoms with E-state index in [0.29, 0.717) is 20.4 Å². The first kappa shape index (κ1) is 16.5. The molecular formula is C15H11Br2NO4. The maximum atomic E-state index is 11.8. The fourth-order valence-corrected chi connectivity index (χ4v) is 3.09. The predicted octanol–water partition coefficient (Wildman–Crippen LogP) is 3.93. The molecule has 1 amide bonds. The molecule has 2 rings (SSSR count). The zero-order valence-electron chi connectivity index (χ0n) is 11.2. The molecule has 2 N–H and O–H groups in total. The van der Waals surface area contributed by atoms with Crippen molar-refractivity contribution in [3.05, 3.63) is 57.0 Å². The highest BCUT2D eigenvalue weighted by Gasteiger charge is 2.14. The molecular weight excluding hydrogens is 418 g/mol. The molecule has 5 nitrogen and oxygen atoms in total. The molecule has 0 aliphatic heterocycles. The van der Waals surface area contributed by atoms with E-state index in [9.17, 15) is 9.59 Å². The van der Waals surface area contributed by atoms with Gasteiger partial charge in [-0.1, -0.05) is 18.2 Å². The minimum Gasteiger partial charge on any atom is -0.481 e. The number of ether oxygens (including phenoxy) is 1. The van der Waals surface area contributed by atoms with Crippen LogP contribution in [-0.2, 0) is 4.79 Å². The third-order valence-electron chi connectivity index (χ3n) is 2.65. The van der Waals surface area contributed by atoms with E-state index < -0.39 is 5.97 Å². The smallest absolute Gasteiger partial charge is 0.335 e. The number of benzene rings is 2. The zero-order valence-corrected chi connectivity index (χ0v) is 14.3. The SMILES string of the molecule is O=C(COc1c(Br)cc(C(=O)O)cc1Br)Nc1ccccc1. The van der Waals surface area contributed by atoms with Crippen LogP contribution in [0.3, 0.4) is 0 Å². The van der Waals surface area contributed by atoms with E-state index >= 15 is 0 Å². The summed E-state index contributed by atoms with van der Waals surface area (Å²) in [6.45, 7) is -0.196. The number of carboxylic acids is 1. The highest BCUT2D eigenvalue weighted by molar-refractivity contribution is 9.11. The Hall–Kier alpha value is -1.86. The van der Waals surface area contributed by atoms with Gasteiger partial charge in [0.15, 0.2) is 6.61 Å². The topological polar surface area (TPSA) is 75.6 Å². The van der Waals surface area contributed by atoms with Gasteiger partial charge in [-0.05, 0) is 56.1 Å². The van der Waals surface area contributed by atoms with E-state index in [1.807, 2.05) is 18.2 Å². The average Bonchev–Trinajstić information content (AvgIpc) is 2.47. The van der Waals surface area contributed by atoms with Crippen LogP contribution in [0.4, 0.5) is 5.69 Å². The van der Waals surface area contributed by atoms with Crippen molar-refractivity contribution in [2.45, 2.75) is 0 Å². The number of rotatable bonds is 5. The number of carbonyl (C=O) groups excluding carboxylic acids is 1. The lowest BCUT2D eigenvalue weighted by Crippen LogP contribution is -2.20.